The Labute approximate surface area is 130 Å². The third kappa shape index (κ3) is 1.51. The quantitative estimate of drug-likeness (QED) is 0.634. The van der Waals surface area contributed by atoms with Crippen molar-refractivity contribution in [3.63, 3.8) is 0 Å². The SMILES string of the molecule is C=C(C)C1CCC2(C)C3C(O[Si](C)(C)C)C4CC2(O)C4C13. The maximum atomic E-state index is 11.3. The largest absolute Gasteiger partial charge is 0.414 e. The van der Waals surface area contributed by atoms with Crippen LogP contribution in [-0.2, 0) is 4.43 Å². The van der Waals surface area contributed by atoms with Gasteiger partial charge in [0, 0.05) is 5.41 Å². The molecule has 0 aromatic rings. The first kappa shape index (κ1) is 14.5. The minimum atomic E-state index is -1.54. The molecule has 0 amide bonds. The second-order valence-electron chi connectivity index (χ2n) is 9.52. The van der Waals surface area contributed by atoms with Crippen molar-refractivity contribution in [3.05, 3.63) is 12.2 Å². The van der Waals surface area contributed by atoms with E-state index in [-0.39, 0.29) is 5.41 Å². The van der Waals surface area contributed by atoms with Gasteiger partial charge in [0.1, 0.15) is 0 Å². The minimum absolute atomic E-state index is 0.0906. The van der Waals surface area contributed by atoms with Gasteiger partial charge in [0.05, 0.1) is 11.7 Å². The molecule has 0 radical (unpaired) electrons. The zero-order valence-corrected chi connectivity index (χ0v) is 15.1. The van der Waals surface area contributed by atoms with Crippen LogP contribution in [-0.4, -0.2) is 25.1 Å². The monoisotopic (exact) mass is 306 g/mol. The van der Waals surface area contributed by atoms with Crippen LogP contribution in [0.4, 0.5) is 0 Å². The molecule has 8 unspecified atom stereocenters. The lowest BCUT2D eigenvalue weighted by atomic mass is 9.47. The fourth-order valence-electron chi connectivity index (χ4n) is 6.81. The van der Waals surface area contributed by atoms with Crippen LogP contribution in [0.15, 0.2) is 12.2 Å². The van der Waals surface area contributed by atoms with E-state index in [4.69, 9.17) is 4.43 Å². The Kier molecular flexibility index (Phi) is 2.65. The van der Waals surface area contributed by atoms with Crippen LogP contribution in [0.25, 0.3) is 0 Å². The smallest absolute Gasteiger partial charge is 0.184 e. The Morgan fingerprint density at radius 1 is 1.29 bits per heavy atom. The summed E-state index contributed by atoms with van der Waals surface area (Å²) in [4.78, 5) is 0. The fraction of sp³-hybridized carbons (Fsp3) is 0.889. The zero-order chi connectivity index (χ0) is 15.4. The molecule has 0 aromatic heterocycles. The molecule has 2 nitrogen and oxygen atoms in total. The Bertz CT molecular complexity index is 510. The van der Waals surface area contributed by atoms with Crippen molar-refractivity contribution >= 4 is 8.32 Å². The first-order valence-electron chi connectivity index (χ1n) is 8.66. The molecular weight excluding hydrogens is 276 g/mol. The topological polar surface area (TPSA) is 29.5 Å². The van der Waals surface area contributed by atoms with E-state index in [1.807, 2.05) is 0 Å². The van der Waals surface area contributed by atoms with E-state index >= 15 is 0 Å². The molecule has 0 heterocycles. The highest BCUT2D eigenvalue weighted by Gasteiger charge is 2.83. The molecule has 0 aliphatic heterocycles. The lowest BCUT2D eigenvalue weighted by Gasteiger charge is -2.63. The van der Waals surface area contributed by atoms with Crippen LogP contribution in [0.3, 0.4) is 0 Å². The lowest BCUT2D eigenvalue weighted by molar-refractivity contribution is -0.243. The Balaban J connectivity index is 1.75. The van der Waals surface area contributed by atoms with Gasteiger partial charge in [-0.3, -0.25) is 0 Å². The van der Waals surface area contributed by atoms with Gasteiger partial charge in [-0.15, -0.1) is 0 Å². The van der Waals surface area contributed by atoms with Gasteiger partial charge < -0.3 is 9.53 Å². The van der Waals surface area contributed by atoms with Crippen LogP contribution in [0, 0.1) is 35.0 Å². The van der Waals surface area contributed by atoms with E-state index in [0.29, 0.717) is 35.7 Å². The standard InChI is InChI=1S/C18H30O2Si/c1-10(2)11-7-8-17(3)15-13(11)14-12(9-18(14,17)19)16(15)20-21(4,5)6/h11-16,19H,1,7-9H2,2-6H3. The fourth-order valence-corrected chi connectivity index (χ4v) is 7.95. The van der Waals surface area contributed by atoms with E-state index in [2.05, 4.69) is 40.1 Å². The van der Waals surface area contributed by atoms with Crippen LogP contribution in [0.5, 0.6) is 0 Å². The van der Waals surface area contributed by atoms with Crippen LogP contribution >= 0.6 is 0 Å². The number of hydrogen-bond acceptors (Lipinski definition) is 2. The molecule has 0 spiro atoms. The van der Waals surface area contributed by atoms with Gasteiger partial charge in [0.25, 0.3) is 0 Å². The van der Waals surface area contributed by atoms with E-state index in [1.165, 1.54) is 12.0 Å². The molecule has 1 N–H and O–H groups in total. The summed E-state index contributed by atoms with van der Waals surface area (Å²) >= 11 is 0. The van der Waals surface area contributed by atoms with Gasteiger partial charge in [-0.1, -0.05) is 19.1 Å². The predicted octanol–water partition coefficient (Wildman–Crippen LogP) is 3.83. The van der Waals surface area contributed by atoms with E-state index in [0.717, 1.165) is 12.8 Å². The Morgan fingerprint density at radius 2 is 1.95 bits per heavy atom. The number of aliphatic hydroxyl groups is 1. The predicted molar refractivity (Wildman–Crippen MR) is 87.4 cm³/mol. The summed E-state index contributed by atoms with van der Waals surface area (Å²) in [5, 5.41) is 11.3. The Morgan fingerprint density at radius 3 is 2.52 bits per heavy atom. The van der Waals surface area contributed by atoms with Crippen molar-refractivity contribution in [3.8, 4) is 0 Å². The molecule has 4 rings (SSSR count). The summed E-state index contributed by atoms with van der Waals surface area (Å²) in [6, 6.07) is 0. The molecule has 118 valence electrons. The Hall–Kier alpha value is -0.123. The minimum Gasteiger partial charge on any atom is -0.414 e. The summed E-state index contributed by atoms with van der Waals surface area (Å²) in [6.45, 7) is 15.7. The van der Waals surface area contributed by atoms with Gasteiger partial charge >= 0.3 is 0 Å². The maximum absolute atomic E-state index is 11.3. The summed E-state index contributed by atoms with van der Waals surface area (Å²) < 4.78 is 6.66. The van der Waals surface area contributed by atoms with Gasteiger partial charge in [-0.05, 0) is 75.4 Å². The average molecular weight is 307 g/mol. The molecule has 3 heteroatoms. The molecule has 4 fully saturated rings. The number of allylic oxidation sites excluding steroid dienone is 1. The molecular formula is C18H30O2Si. The number of fused-ring (bicyclic) bond motifs is 1. The van der Waals surface area contributed by atoms with Crippen LogP contribution in [0.1, 0.15) is 33.1 Å². The molecule has 0 aromatic carbocycles. The van der Waals surface area contributed by atoms with Gasteiger partial charge in [0.2, 0.25) is 0 Å². The third-order valence-electron chi connectivity index (χ3n) is 7.45. The first-order valence-corrected chi connectivity index (χ1v) is 12.1. The highest BCUT2D eigenvalue weighted by atomic mass is 28.4. The lowest BCUT2D eigenvalue weighted by Crippen LogP contribution is -2.68. The second kappa shape index (κ2) is 3.85. The highest BCUT2D eigenvalue weighted by molar-refractivity contribution is 6.69. The summed E-state index contributed by atoms with van der Waals surface area (Å²) in [5.74, 6) is 2.91. The van der Waals surface area contributed by atoms with Crippen molar-refractivity contribution in [2.45, 2.75) is 64.5 Å². The van der Waals surface area contributed by atoms with Gasteiger partial charge in [0.15, 0.2) is 8.32 Å². The normalized spacial score (nSPS) is 57.2. The molecule has 8 atom stereocenters. The molecule has 4 aliphatic carbocycles. The summed E-state index contributed by atoms with van der Waals surface area (Å²) in [5.41, 5.74) is 1.03. The van der Waals surface area contributed by atoms with E-state index in [1.54, 1.807) is 0 Å². The first-order chi connectivity index (χ1) is 9.60. The van der Waals surface area contributed by atoms with Crippen molar-refractivity contribution < 1.29 is 9.53 Å². The van der Waals surface area contributed by atoms with Crippen molar-refractivity contribution in [2.75, 3.05) is 0 Å². The van der Waals surface area contributed by atoms with Crippen molar-refractivity contribution in [1.82, 2.24) is 0 Å². The summed E-state index contributed by atoms with van der Waals surface area (Å²) in [6.07, 6.45) is 3.77. The van der Waals surface area contributed by atoms with Gasteiger partial charge in [-0.2, -0.15) is 0 Å². The van der Waals surface area contributed by atoms with Crippen molar-refractivity contribution in [2.24, 2.45) is 35.0 Å². The van der Waals surface area contributed by atoms with Crippen LogP contribution in [0.2, 0.25) is 19.6 Å². The highest BCUT2D eigenvalue weighted by Crippen LogP contribution is 2.81. The molecule has 4 aliphatic rings. The van der Waals surface area contributed by atoms with Gasteiger partial charge in [-0.25, -0.2) is 0 Å². The average Bonchev–Trinajstić information content (AvgIpc) is 2.59. The van der Waals surface area contributed by atoms with E-state index < -0.39 is 13.9 Å². The second-order valence-corrected chi connectivity index (χ2v) is 14.0. The molecule has 0 saturated heterocycles. The zero-order valence-electron chi connectivity index (χ0n) is 14.1. The number of rotatable bonds is 3. The molecule has 21 heavy (non-hydrogen) atoms. The number of hydrogen-bond donors (Lipinski definition) is 1. The van der Waals surface area contributed by atoms with Crippen molar-refractivity contribution in [1.29, 1.82) is 0 Å². The summed E-state index contributed by atoms with van der Waals surface area (Å²) in [7, 11) is -1.54. The molecule has 4 bridgehead atoms. The molecule has 4 saturated carbocycles. The van der Waals surface area contributed by atoms with E-state index in [9.17, 15) is 5.11 Å². The third-order valence-corrected chi connectivity index (χ3v) is 8.43. The maximum Gasteiger partial charge on any atom is 0.184 e. The van der Waals surface area contributed by atoms with Crippen LogP contribution < -0.4 is 0 Å².